The van der Waals surface area contributed by atoms with Crippen molar-refractivity contribution in [2.75, 3.05) is 13.7 Å². The molecule has 5 heteroatoms. The molecule has 0 aromatic heterocycles. The van der Waals surface area contributed by atoms with Crippen LogP contribution in [0.3, 0.4) is 0 Å². The Bertz CT molecular complexity index is 515. The van der Waals surface area contributed by atoms with E-state index in [-0.39, 0.29) is 5.57 Å². The van der Waals surface area contributed by atoms with Crippen LogP contribution in [0.15, 0.2) is 23.8 Å². The van der Waals surface area contributed by atoms with Gasteiger partial charge < -0.3 is 15.2 Å². The second-order valence-corrected chi connectivity index (χ2v) is 3.35. The Morgan fingerprint density at radius 2 is 2.28 bits per heavy atom. The molecule has 0 bridgehead atoms. The number of methoxy groups -OCH3 is 1. The average Bonchev–Trinajstić information content (AvgIpc) is 2.37. The van der Waals surface area contributed by atoms with E-state index in [0.717, 1.165) is 0 Å². The van der Waals surface area contributed by atoms with Crippen molar-refractivity contribution >= 4 is 12.0 Å². The van der Waals surface area contributed by atoms with Gasteiger partial charge in [-0.2, -0.15) is 5.26 Å². The number of amides is 1. The third-order valence-electron chi connectivity index (χ3n) is 2.20. The Morgan fingerprint density at radius 1 is 1.56 bits per heavy atom. The molecule has 0 fully saturated rings. The van der Waals surface area contributed by atoms with E-state index in [0.29, 0.717) is 23.7 Å². The van der Waals surface area contributed by atoms with Crippen LogP contribution < -0.4 is 15.2 Å². The van der Waals surface area contributed by atoms with Crippen LogP contribution in [0.5, 0.6) is 11.5 Å². The molecule has 0 spiro atoms. The van der Waals surface area contributed by atoms with Gasteiger partial charge in [0.2, 0.25) is 0 Å². The summed E-state index contributed by atoms with van der Waals surface area (Å²) in [6, 6.07) is 6.94. The minimum atomic E-state index is -0.775. The monoisotopic (exact) mass is 246 g/mol. The number of carbonyl (C=O) groups is 1. The first-order valence-corrected chi connectivity index (χ1v) is 5.35. The van der Waals surface area contributed by atoms with Crippen LogP contribution in [0.1, 0.15) is 12.5 Å². The molecular weight excluding hydrogens is 232 g/mol. The molecule has 0 radical (unpaired) electrons. The number of rotatable bonds is 5. The molecule has 2 N–H and O–H groups in total. The molecule has 0 aliphatic heterocycles. The quantitative estimate of drug-likeness (QED) is 0.630. The third-order valence-corrected chi connectivity index (χ3v) is 2.20. The lowest BCUT2D eigenvalue weighted by Gasteiger charge is -2.11. The second kappa shape index (κ2) is 6.30. The van der Waals surface area contributed by atoms with Crippen molar-refractivity contribution in [1.29, 1.82) is 5.26 Å². The van der Waals surface area contributed by atoms with E-state index >= 15 is 0 Å². The largest absolute Gasteiger partial charge is 0.493 e. The van der Waals surface area contributed by atoms with Crippen LogP contribution in [-0.2, 0) is 4.79 Å². The van der Waals surface area contributed by atoms with E-state index in [4.69, 9.17) is 20.5 Å². The van der Waals surface area contributed by atoms with Gasteiger partial charge in [0.1, 0.15) is 11.6 Å². The van der Waals surface area contributed by atoms with Gasteiger partial charge in [0, 0.05) is 5.56 Å². The molecule has 0 saturated carbocycles. The fourth-order valence-corrected chi connectivity index (χ4v) is 1.42. The number of hydrogen-bond donors (Lipinski definition) is 1. The number of nitriles is 1. The Hall–Kier alpha value is -2.48. The maximum absolute atomic E-state index is 11.0. The first-order chi connectivity index (χ1) is 8.63. The number of benzene rings is 1. The second-order valence-electron chi connectivity index (χ2n) is 3.35. The number of hydrogen-bond acceptors (Lipinski definition) is 4. The Labute approximate surface area is 105 Å². The number of nitrogens with zero attached hydrogens (tertiary/aromatic N) is 1. The van der Waals surface area contributed by atoms with Gasteiger partial charge in [-0.3, -0.25) is 4.79 Å². The molecule has 18 heavy (non-hydrogen) atoms. The highest BCUT2D eigenvalue weighted by Crippen LogP contribution is 2.32. The summed E-state index contributed by atoms with van der Waals surface area (Å²) in [5.41, 5.74) is 5.53. The van der Waals surface area contributed by atoms with Gasteiger partial charge in [-0.15, -0.1) is 0 Å². The van der Waals surface area contributed by atoms with Gasteiger partial charge >= 0.3 is 0 Å². The fourth-order valence-electron chi connectivity index (χ4n) is 1.42. The zero-order valence-electron chi connectivity index (χ0n) is 10.3. The predicted octanol–water partition coefficient (Wildman–Crippen LogP) is 1.49. The van der Waals surface area contributed by atoms with Gasteiger partial charge in [0.15, 0.2) is 11.5 Å². The van der Waals surface area contributed by atoms with Crippen molar-refractivity contribution < 1.29 is 14.3 Å². The smallest absolute Gasteiger partial charge is 0.259 e. The molecule has 0 atom stereocenters. The molecule has 0 saturated heterocycles. The SMILES string of the molecule is CCOc1c(/C=C(/C#N)C(N)=O)cccc1OC. The van der Waals surface area contributed by atoms with Gasteiger partial charge in [0.05, 0.1) is 13.7 Å². The molecule has 1 rings (SSSR count). The first-order valence-electron chi connectivity index (χ1n) is 5.35. The lowest BCUT2D eigenvalue weighted by atomic mass is 10.1. The maximum atomic E-state index is 11.0. The van der Waals surface area contributed by atoms with E-state index < -0.39 is 5.91 Å². The van der Waals surface area contributed by atoms with Gasteiger partial charge in [-0.05, 0) is 19.1 Å². The normalized spacial score (nSPS) is 10.6. The summed E-state index contributed by atoms with van der Waals surface area (Å²) in [6.45, 7) is 2.28. The predicted molar refractivity (Wildman–Crippen MR) is 66.9 cm³/mol. The lowest BCUT2D eigenvalue weighted by molar-refractivity contribution is -0.114. The van der Waals surface area contributed by atoms with Crippen molar-refractivity contribution in [3.63, 3.8) is 0 Å². The minimum Gasteiger partial charge on any atom is -0.493 e. The number of primary amides is 1. The maximum Gasteiger partial charge on any atom is 0.259 e. The number of para-hydroxylation sites is 1. The highest BCUT2D eigenvalue weighted by Gasteiger charge is 2.11. The molecule has 94 valence electrons. The summed E-state index contributed by atoms with van der Waals surface area (Å²) in [5, 5.41) is 8.81. The van der Waals surface area contributed by atoms with Crippen molar-refractivity contribution in [1.82, 2.24) is 0 Å². The molecule has 0 heterocycles. The summed E-state index contributed by atoms with van der Waals surface area (Å²) in [6.07, 6.45) is 1.38. The Balaban J connectivity index is 3.32. The lowest BCUT2D eigenvalue weighted by Crippen LogP contribution is -2.12. The fraction of sp³-hybridized carbons (Fsp3) is 0.231. The van der Waals surface area contributed by atoms with Crippen molar-refractivity contribution in [2.45, 2.75) is 6.92 Å². The summed E-state index contributed by atoms with van der Waals surface area (Å²) in [5.74, 6) is 0.242. The molecule has 5 nitrogen and oxygen atoms in total. The topological polar surface area (TPSA) is 85.3 Å². The van der Waals surface area contributed by atoms with Gasteiger partial charge in [-0.25, -0.2) is 0 Å². The van der Waals surface area contributed by atoms with Crippen LogP contribution in [0.2, 0.25) is 0 Å². The first kappa shape index (κ1) is 13.6. The molecule has 1 amide bonds. The summed E-state index contributed by atoms with van der Waals surface area (Å²) >= 11 is 0. The molecule has 0 aliphatic carbocycles. The van der Waals surface area contributed by atoms with E-state index in [2.05, 4.69) is 0 Å². The van der Waals surface area contributed by atoms with E-state index in [1.165, 1.54) is 13.2 Å². The van der Waals surface area contributed by atoms with Crippen LogP contribution in [0.4, 0.5) is 0 Å². The van der Waals surface area contributed by atoms with Gasteiger partial charge in [-0.1, -0.05) is 12.1 Å². The van der Waals surface area contributed by atoms with E-state index in [1.54, 1.807) is 24.3 Å². The zero-order chi connectivity index (χ0) is 13.5. The highest BCUT2D eigenvalue weighted by atomic mass is 16.5. The highest BCUT2D eigenvalue weighted by molar-refractivity contribution is 6.01. The van der Waals surface area contributed by atoms with Crippen molar-refractivity contribution in [3.8, 4) is 17.6 Å². The van der Waals surface area contributed by atoms with Crippen LogP contribution in [0.25, 0.3) is 6.08 Å². The minimum absolute atomic E-state index is 0.135. The standard InChI is InChI=1S/C13H14N2O3/c1-3-18-12-9(5-4-6-11(12)17-2)7-10(8-14)13(15)16/h4-7H,3H2,1-2H3,(H2,15,16)/b10-7-. The zero-order valence-corrected chi connectivity index (χ0v) is 10.3. The Morgan fingerprint density at radius 3 is 2.78 bits per heavy atom. The van der Waals surface area contributed by atoms with Crippen molar-refractivity contribution in [3.05, 3.63) is 29.3 Å². The van der Waals surface area contributed by atoms with Crippen molar-refractivity contribution in [2.24, 2.45) is 5.73 Å². The summed E-state index contributed by atoms with van der Waals surface area (Å²) in [4.78, 5) is 11.0. The summed E-state index contributed by atoms with van der Waals surface area (Å²) < 4.78 is 10.6. The van der Waals surface area contributed by atoms with E-state index in [9.17, 15) is 4.79 Å². The molecule has 0 unspecified atom stereocenters. The average molecular weight is 246 g/mol. The molecule has 1 aromatic rings. The van der Waals surface area contributed by atoms with Crippen LogP contribution >= 0.6 is 0 Å². The van der Waals surface area contributed by atoms with Crippen LogP contribution in [0, 0.1) is 11.3 Å². The summed E-state index contributed by atoms with van der Waals surface area (Å²) in [7, 11) is 1.52. The van der Waals surface area contributed by atoms with E-state index in [1.807, 2.05) is 6.92 Å². The number of nitrogens with two attached hydrogens (primary N) is 1. The number of ether oxygens (including phenoxy) is 2. The Kier molecular flexibility index (Phi) is 4.76. The van der Waals surface area contributed by atoms with Crippen LogP contribution in [-0.4, -0.2) is 19.6 Å². The molecular formula is C13H14N2O3. The van der Waals surface area contributed by atoms with Gasteiger partial charge in [0.25, 0.3) is 5.91 Å². The molecule has 0 aliphatic rings. The number of carbonyl (C=O) groups excluding carboxylic acids is 1. The molecule has 1 aromatic carbocycles. The third kappa shape index (κ3) is 3.01.